The number of ether oxygens (including phenoxy) is 1. The van der Waals surface area contributed by atoms with Crippen LogP contribution in [0.2, 0.25) is 5.15 Å². The van der Waals surface area contributed by atoms with Gasteiger partial charge in [-0.2, -0.15) is 0 Å². The zero-order valence-electron chi connectivity index (χ0n) is 15.9. The van der Waals surface area contributed by atoms with Crippen LogP contribution in [0, 0.1) is 0 Å². The summed E-state index contributed by atoms with van der Waals surface area (Å²) < 4.78 is 6.07. The van der Waals surface area contributed by atoms with Crippen molar-refractivity contribution in [1.82, 2.24) is 14.9 Å². The Kier molecular flexibility index (Phi) is 6.88. The number of rotatable bonds is 7. The summed E-state index contributed by atoms with van der Waals surface area (Å²) in [5.41, 5.74) is 2.53. The van der Waals surface area contributed by atoms with Gasteiger partial charge in [0.25, 0.3) is 0 Å². The second-order valence-corrected chi connectivity index (χ2v) is 7.50. The number of piperidine rings is 1. The van der Waals surface area contributed by atoms with Crippen molar-refractivity contribution in [3.63, 3.8) is 0 Å². The number of likely N-dealkylation sites (tertiary alicyclic amines) is 1. The van der Waals surface area contributed by atoms with Crippen molar-refractivity contribution in [3.05, 3.63) is 35.7 Å². The van der Waals surface area contributed by atoms with E-state index in [2.05, 4.69) is 27.2 Å². The molecule has 1 fully saturated rings. The van der Waals surface area contributed by atoms with Crippen molar-refractivity contribution < 1.29 is 9.84 Å². The Balaban J connectivity index is 1.69. The van der Waals surface area contributed by atoms with Gasteiger partial charge < -0.3 is 20.1 Å². The predicted octanol–water partition coefficient (Wildman–Crippen LogP) is 3.45. The van der Waals surface area contributed by atoms with Crippen molar-refractivity contribution in [3.8, 4) is 17.0 Å². The molecule has 1 aliphatic rings. The molecule has 0 amide bonds. The van der Waals surface area contributed by atoms with E-state index in [9.17, 15) is 5.11 Å². The van der Waals surface area contributed by atoms with E-state index in [1.807, 2.05) is 12.1 Å². The van der Waals surface area contributed by atoms with E-state index in [1.165, 1.54) is 0 Å². The highest BCUT2D eigenvalue weighted by molar-refractivity contribution is 6.29. The second kappa shape index (κ2) is 9.35. The van der Waals surface area contributed by atoms with Gasteiger partial charge in [0.1, 0.15) is 17.0 Å². The SMILES string of the molecule is C[C@@H](O)CCNc1cc(Cl)ncc1-c1ccc(OC2CCN(C)CC2)cn1. The molecule has 3 rings (SSSR count). The quantitative estimate of drug-likeness (QED) is 0.705. The molecule has 1 aliphatic heterocycles. The van der Waals surface area contributed by atoms with Gasteiger partial charge in [0, 0.05) is 37.1 Å². The van der Waals surface area contributed by atoms with E-state index < -0.39 is 0 Å². The lowest BCUT2D eigenvalue weighted by Crippen LogP contribution is -2.35. The molecule has 0 aromatic carbocycles. The van der Waals surface area contributed by atoms with Crippen LogP contribution in [0.5, 0.6) is 5.75 Å². The van der Waals surface area contributed by atoms with E-state index in [-0.39, 0.29) is 12.2 Å². The lowest BCUT2D eigenvalue weighted by Gasteiger charge is -2.29. The van der Waals surface area contributed by atoms with Crippen LogP contribution < -0.4 is 10.1 Å². The maximum atomic E-state index is 9.44. The van der Waals surface area contributed by atoms with E-state index >= 15 is 0 Å². The number of aromatic nitrogens is 2. The summed E-state index contributed by atoms with van der Waals surface area (Å²) in [4.78, 5) is 11.1. The fourth-order valence-electron chi connectivity index (χ4n) is 3.10. The first-order valence-corrected chi connectivity index (χ1v) is 9.78. The van der Waals surface area contributed by atoms with Crippen LogP contribution in [-0.2, 0) is 0 Å². The molecular weight excluding hydrogens is 364 g/mol. The molecular formula is C20H27ClN4O2. The van der Waals surface area contributed by atoms with Gasteiger partial charge in [0.2, 0.25) is 0 Å². The summed E-state index contributed by atoms with van der Waals surface area (Å²) in [6.07, 6.45) is 6.11. The summed E-state index contributed by atoms with van der Waals surface area (Å²) in [5.74, 6) is 0.791. The van der Waals surface area contributed by atoms with Gasteiger partial charge in [0.15, 0.2) is 0 Å². The number of anilines is 1. The van der Waals surface area contributed by atoms with Gasteiger partial charge in [-0.15, -0.1) is 0 Å². The molecule has 0 saturated carbocycles. The highest BCUT2D eigenvalue weighted by atomic mass is 35.5. The molecule has 2 aromatic heterocycles. The number of hydrogen-bond acceptors (Lipinski definition) is 6. The van der Waals surface area contributed by atoms with Crippen molar-refractivity contribution in [2.45, 2.75) is 38.4 Å². The van der Waals surface area contributed by atoms with Crippen LogP contribution in [-0.4, -0.2) is 58.9 Å². The molecule has 1 atom stereocenters. The Morgan fingerprint density at radius 2 is 2.07 bits per heavy atom. The van der Waals surface area contributed by atoms with Gasteiger partial charge in [0.05, 0.1) is 18.0 Å². The molecule has 0 unspecified atom stereocenters. The molecule has 2 N–H and O–H groups in total. The van der Waals surface area contributed by atoms with E-state index in [0.29, 0.717) is 18.1 Å². The Hall–Kier alpha value is -1.89. The van der Waals surface area contributed by atoms with Gasteiger partial charge in [-0.05, 0) is 51.4 Å². The minimum atomic E-state index is -0.354. The van der Waals surface area contributed by atoms with Gasteiger partial charge >= 0.3 is 0 Å². The Labute approximate surface area is 165 Å². The molecule has 27 heavy (non-hydrogen) atoms. The van der Waals surface area contributed by atoms with Crippen molar-refractivity contribution in [2.24, 2.45) is 0 Å². The first-order valence-electron chi connectivity index (χ1n) is 9.40. The van der Waals surface area contributed by atoms with Crippen molar-refractivity contribution in [2.75, 3.05) is 32.0 Å². The zero-order valence-corrected chi connectivity index (χ0v) is 16.6. The molecule has 3 heterocycles. The number of nitrogens with one attached hydrogen (secondary N) is 1. The number of aliphatic hydroxyl groups is 1. The first kappa shape index (κ1) is 19.9. The molecule has 0 bridgehead atoms. The minimum absolute atomic E-state index is 0.253. The van der Waals surface area contributed by atoms with E-state index in [0.717, 1.165) is 48.6 Å². The Morgan fingerprint density at radius 1 is 1.30 bits per heavy atom. The summed E-state index contributed by atoms with van der Waals surface area (Å²) in [6, 6.07) is 5.67. The van der Waals surface area contributed by atoms with Crippen LogP contribution in [0.3, 0.4) is 0 Å². The molecule has 2 aromatic rings. The number of hydrogen-bond donors (Lipinski definition) is 2. The number of nitrogens with zero attached hydrogens (tertiary/aromatic N) is 3. The molecule has 1 saturated heterocycles. The molecule has 7 heteroatoms. The maximum Gasteiger partial charge on any atom is 0.138 e. The Morgan fingerprint density at radius 3 is 2.74 bits per heavy atom. The van der Waals surface area contributed by atoms with Crippen LogP contribution >= 0.6 is 11.6 Å². The highest BCUT2D eigenvalue weighted by Gasteiger charge is 2.18. The highest BCUT2D eigenvalue weighted by Crippen LogP contribution is 2.29. The van der Waals surface area contributed by atoms with Crippen LogP contribution in [0.1, 0.15) is 26.2 Å². The van der Waals surface area contributed by atoms with Crippen LogP contribution in [0.15, 0.2) is 30.6 Å². The summed E-state index contributed by atoms with van der Waals surface area (Å²) in [7, 11) is 2.14. The summed E-state index contributed by atoms with van der Waals surface area (Å²) >= 11 is 6.05. The van der Waals surface area contributed by atoms with Gasteiger partial charge in [-0.3, -0.25) is 4.98 Å². The fourth-order valence-corrected chi connectivity index (χ4v) is 3.26. The minimum Gasteiger partial charge on any atom is -0.489 e. The second-order valence-electron chi connectivity index (χ2n) is 7.12. The smallest absolute Gasteiger partial charge is 0.138 e. The monoisotopic (exact) mass is 390 g/mol. The molecule has 0 spiro atoms. The normalized spacial score (nSPS) is 16.9. The molecule has 6 nitrogen and oxygen atoms in total. The molecule has 0 aliphatic carbocycles. The number of aliphatic hydroxyl groups excluding tert-OH is 1. The third-order valence-corrected chi connectivity index (χ3v) is 4.94. The lowest BCUT2D eigenvalue weighted by molar-refractivity contribution is 0.114. The topological polar surface area (TPSA) is 70.5 Å². The summed E-state index contributed by atoms with van der Waals surface area (Å²) in [6.45, 7) is 4.54. The van der Waals surface area contributed by atoms with Crippen LogP contribution in [0.25, 0.3) is 11.3 Å². The first-order chi connectivity index (χ1) is 13.0. The third kappa shape index (κ3) is 5.79. The largest absolute Gasteiger partial charge is 0.489 e. The fraction of sp³-hybridized carbons (Fsp3) is 0.500. The average molecular weight is 391 g/mol. The van der Waals surface area contributed by atoms with Crippen LogP contribution in [0.4, 0.5) is 5.69 Å². The molecule has 0 radical (unpaired) electrons. The Bertz CT molecular complexity index is 731. The maximum absolute atomic E-state index is 9.44. The lowest BCUT2D eigenvalue weighted by atomic mass is 10.1. The number of pyridine rings is 2. The van der Waals surface area contributed by atoms with Crippen molar-refractivity contribution >= 4 is 17.3 Å². The standard InChI is InChI=1S/C20H27ClN4O2/c1-14(26)5-8-22-19-11-20(21)24-13-17(19)18-4-3-16(12-23-18)27-15-6-9-25(2)10-7-15/h3-4,11-15,26H,5-10H2,1-2H3,(H,22,24)/t14-/m1/s1. The molecule has 146 valence electrons. The van der Waals surface area contributed by atoms with Gasteiger partial charge in [-0.1, -0.05) is 11.6 Å². The predicted molar refractivity (Wildman–Crippen MR) is 108 cm³/mol. The summed E-state index contributed by atoms with van der Waals surface area (Å²) in [5, 5.41) is 13.2. The van der Waals surface area contributed by atoms with Gasteiger partial charge in [-0.25, -0.2) is 4.98 Å². The van der Waals surface area contributed by atoms with E-state index in [1.54, 1.807) is 25.4 Å². The number of halogens is 1. The van der Waals surface area contributed by atoms with Crippen molar-refractivity contribution in [1.29, 1.82) is 0 Å². The third-order valence-electron chi connectivity index (χ3n) is 4.73. The zero-order chi connectivity index (χ0) is 19.2. The average Bonchev–Trinajstić information content (AvgIpc) is 2.64. The van der Waals surface area contributed by atoms with E-state index in [4.69, 9.17) is 16.3 Å².